The minimum Gasteiger partial charge on any atom is -0.493 e. The van der Waals surface area contributed by atoms with Gasteiger partial charge in [-0.2, -0.15) is 0 Å². The molecule has 3 amide bonds. The van der Waals surface area contributed by atoms with Crippen molar-refractivity contribution in [2.24, 2.45) is 0 Å². The Hall–Kier alpha value is -3.23. The van der Waals surface area contributed by atoms with Crippen LogP contribution < -0.4 is 10.1 Å². The Morgan fingerprint density at radius 3 is 2.72 bits per heavy atom. The van der Waals surface area contributed by atoms with E-state index in [0.717, 1.165) is 51.1 Å². The van der Waals surface area contributed by atoms with Crippen molar-refractivity contribution in [2.45, 2.75) is 56.9 Å². The first-order valence-electron chi connectivity index (χ1n) is 12.9. The van der Waals surface area contributed by atoms with Crippen LogP contribution in [-0.2, 0) is 33.1 Å². The summed E-state index contributed by atoms with van der Waals surface area (Å²) in [6, 6.07) is 13.5. The molecule has 8 nitrogen and oxygen atoms in total. The fraction of sp³-hybridized carbons (Fsp3) is 0.464. The van der Waals surface area contributed by atoms with Crippen molar-refractivity contribution in [3.05, 3.63) is 64.7 Å². The maximum atomic E-state index is 13.0. The van der Waals surface area contributed by atoms with Crippen LogP contribution in [0.1, 0.15) is 59.2 Å². The maximum absolute atomic E-state index is 13.0. The molecule has 2 aromatic rings. The van der Waals surface area contributed by atoms with Gasteiger partial charge in [-0.1, -0.05) is 30.3 Å². The first-order chi connectivity index (χ1) is 17.5. The molecule has 0 bridgehead atoms. The summed E-state index contributed by atoms with van der Waals surface area (Å²) in [6.07, 6.45) is 3.51. The van der Waals surface area contributed by atoms with Crippen LogP contribution in [0.3, 0.4) is 0 Å². The molecule has 4 aliphatic rings. The number of carbonyl (C=O) groups is 3. The lowest BCUT2D eigenvalue weighted by atomic mass is 9.84. The Kier molecular flexibility index (Phi) is 6.01. The molecular weight excluding hydrogens is 458 g/mol. The molecule has 4 aliphatic heterocycles. The molecule has 36 heavy (non-hydrogen) atoms. The van der Waals surface area contributed by atoms with Gasteiger partial charge in [0.2, 0.25) is 11.8 Å². The minimum absolute atomic E-state index is 0.116. The molecule has 0 saturated carbocycles. The zero-order chi connectivity index (χ0) is 24.7. The van der Waals surface area contributed by atoms with Gasteiger partial charge < -0.3 is 19.3 Å². The third-order valence-electron chi connectivity index (χ3n) is 8.09. The van der Waals surface area contributed by atoms with Crippen molar-refractivity contribution in [2.75, 3.05) is 26.2 Å². The van der Waals surface area contributed by atoms with Gasteiger partial charge in [0.05, 0.1) is 25.4 Å². The first kappa shape index (κ1) is 23.2. The molecule has 6 rings (SSSR count). The van der Waals surface area contributed by atoms with E-state index in [2.05, 4.69) is 34.5 Å². The molecule has 0 aromatic heterocycles. The van der Waals surface area contributed by atoms with E-state index in [4.69, 9.17) is 9.47 Å². The minimum atomic E-state index is -0.617. The van der Waals surface area contributed by atoms with Crippen molar-refractivity contribution >= 4 is 17.7 Å². The molecule has 1 unspecified atom stereocenters. The van der Waals surface area contributed by atoms with E-state index in [-0.39, 0.29) is 23.8 Å². The van der Waals surface area contributed by atoms with Crippen LogP contribution in [0.2, 0.25) is 0 Å². The van der Waals surface area contributed by atoms with Gasteiger partial charge in [-0.3, -0.25) is 19.7 Å². The Bertz CT molecular complexity index is 1200. The highest BCUT2D eigenvalue weighted by Crippen LogP contribution is 2.44. The van der Waals surface area contributed by atoms with E-state index >= 15 is 0 Å². The number of amides is 3. The van der Waals surface area contributed by atoms with E-state index in [1.165, 1.54) is 11.1 Å². The summed E-state index contributed by atoms with van der Waals surface area (Å²) < 4.78 is 12.4. The first-order valence-corrected chi connectivity index (χ1v) is 12.9. The molecule has 1 atom stereocenters. The largest absolute Gasteiger partial charge is 0.493 e. The normalized spacial score (nSPS) is 23.1. The number of likely N-dealkylation sites (tertiary alicyclic amines) is 1. The van der Waals surface area contributed by atoms with Crippen molar-refractivity contribution in [3.63, 3.8) is 0 Å². The van der Waals surface area contributed by atoms with Gasteiger partial charge in [0.1, 0.15) is 11.8 Å². The Balaban J connectivity index is 1.01. The van der Waals surface area contributed by atoms with Gasteiger partial charge in [-0.25, -0.2) is 0 Å². The van der Waals surface area contributed by atoms with E-state index in [9.17, 15) is 14.4 Å². The van der Waals surface area contributed by atoms with Crippen molar-refractivity contribution in [3.8, 4) is 5.75 Å². The number of fused-ring (bicyclic) bond motifs is 3. The number of nitrogens with zero attached hydrogens (tertiary/aromatic N) is 2. The van der Waals surface area contributed by atoms with E-state index in [1.54, 1.807) is 11.0 Å². The second-order valence-electron chi connectivity index (χ2n) is 10.2. The average molecular weight is 490 g/mol. The molecule has 1 N–H and O–H groups in total. The maximum Gasteiger partial charge on any atom is 0.255 e. The number of rotatable bonds is 6. The van der Waals surface area contributed by atoms with Crippen molar-refractivity contribution < 1.29 is 23.9 Å². The van der Waals surface area contributed by atoms with E-state index in [0.29, 0.717) is 30.9 Å². The lowest BCUT2D eigenvalue weighted by Crippen LogP contribution is -2.52. The molecule has 0 radical (unpaired) electrons. The summed E-state index contributed by atoms with van der Waals surface area (Å²) in [5, 5.41) is 2.35. The third-order valence-corrected chi connectivity index (χ3v) is 8.09. The van der Waals surface area contributed by atoms with Crippen LogP contribution in [0.15, 0.2) is 42.5 Å². The van der Waals surface area contributed by atoms with E-state index in [1.807, 2.05) is 12.1 Å². The predicted octanol–water partition coefficient (Wildman–Crippen LogP) is 2.74. The fourth-order valence-electron chi connectivity index (χ4n) is 6.10. The van der Waals surface area contributed by atoms with Crippen LogP contribution in [0.4, 0.5) is 0 Å². The molecule has 2 saturated heterocycles. The number of carbonyl (C=O) groups excluding carboxylic acids is 3. The highest BCUT2D eigenvalue weighted by atomic mass is 16.5. The monoisotopic (exact) mass is 489 g/mol. The SMILES string of the molecule is O=C1CCC(N2Cc3c(OCCCN4CCC5(CC4)OCc4ccccc45)cccc3C2=O)C(=O)N1. The highest BCUT2D eigenvalue weighted by molar-refractivity contribution is 6.05. The summed E-state index contributed by atoms with van der Waals surface area (Å²) in [7, 11) is 0. The average Bonchev–Trinajstić information content (AvgIpc) is 3.42. The van der Waals surface area contributed by atoms with Gasteiger partial charge in [0, 0.05) is 37.2 Å². The van der Waals surface area contributed by atoms with Gasteiger partial charge >= 0.3 is 0 Å². The van der Waals surface area contributed by atoms with Crippen LogP contribution in [-0.4, -0.2) is 59.8 Å². The smallest absolute Gasteiger partial charge is 0.255 e. The molecule has 2 fully saturated rings. The molecule has 0 aliphatic carbocycles. The van der Waals surface area contributed by atoms with Gasteiger partial charge in [0.25, 0.3) is 5.91 Å². The van der Waals surface area contributed by atoms with Gasteiger partial charge in [-0.05, 0) is 48.9 Å². The Morgan fingerprint density at radius 2 is 1.89 bits per heavy atom. The molecule has 4 heterocycles. The molecule has 2 aromatic carbocycles. The summed E-state index contributed by atoms with van der Waals surface area (Å²) in [4.78, 5) is 40.8. The molecule has 8 heteroatoms. The van der Waals surface area contributed by atoms with Crippen LogP contribution >= 0.6 is 0 Å². The number of imide groups is 1. The summed E-state index contributed by atoms with van der Waals surface area (Å²) in [5.74, 6) is -0.161. The summed E-state index contributed by atoms with van der Waals surface area (Å²) in [6.45, 7) is 4.56. The zero-order valence-corrected chi connectivity index (χ0v) is 20.3. The number of piperidine rings is 2. The second-order valence-corrected chi connectivity index (χ2v) is 10.2. The number of ether oxygens (including phenoxy) is 2. The summed E-state index contributed by atoms with van der Waals surface area (Å²) in [5.41, 5.74) is 3.98. The van der Waals surface area contributed by atoms with E-state index < -0.39 is 11.9 Å². The summed E-state index contributed by atoms with van der Waals surface area (Å²) >= 11 is 0. The van der Waals surface area contributed by atoms with Gasteiger partial charge in [-0.15, -0.1) is 0 Å². The molecule has 1 spiro atoms. The fourth-order valence-corrected chi connectivity index (χ4v) is 6.10. The Labute approximate surface area is 210 Å². The third kappa shape index (κ3) is 4.08. The number of benzene rings is 2. The molecule has 188 valence electrons. The number of hydrogen-bond donors (Lipinski definition) is 1. The number of hydrogen-bond acceptors (Lipinski definition) is 6. The highest BCUT2D eigenvalue weighted by Gasteiger charge is 2.42. The molecular formula is C28H31N3O5. The lowest BCUT2D eigenvalue weighted by molar-refractivity contribution is -0.136. The zero-order valence-electron chi connectivity index (χ0n) is 20.3. The predicted molar refractivity (Wildman–Crippen MR) is 131 cm³/mol. The lowest BCUT2D eigenvalue weighted by Gasteiger charge is -2.39. The second kappa shape index (κ2) is 9.33. The van der Waals surface area contributed by atoms with Crippen LogP contribution in [0, 0.1) is 0 Å². The topological polar surface area (TPSA) is 88.2 Å². The number of nitrogens with one attached hydrogen (secondary N) is 1. The van der Waals surface area contributed by atoms with Crippen LogP contribution in [0.25, 0.3) is 0 Å². The van der Waals surface area contributed by atoms with Crippen LogP contribution in [0.5, 0.6) is 5.75 Å². The van der Waals surface area contributed by atoms with Crippen molar-refractivity contribution in [1.29, 1.82) is 0 Å². The Morgan fingerprint density at radius 1 is 1.06 bits per heavy atom. The van der Waals surface area contributed by atoms with Crippen molar-refractivity contribution in [1.82, 2.24) is 15.1 Å². The standard InChI is InChI=1S/C28H31N3O5/c32-25-10-9-23(26(33)29-25)31-17-21-20(27(31)34)6-3-8-24(21)35-16-4-13-30-14-11-28(12-15-30)22-7-2-1-5-19(22)18-36-28/h1-3,5-8,23H,4,9-18H2,(H,29,32,33). The van der Waals surface area contributed by atoms with Gasteiger partial charge in [0.15, 0.2) is 0 Å². The quantitative estimate of drug-likeness (QED) is 0.496.